The van der Waals surface area contributed by atoms with Gasteiger partial charge in [-0.3, -0.25) is 4.79 Å². The second-order valence-electron chi connectivity index (χ2n) is 8.59. The Bertz CT molecular complexity index is 1020. The largest absolute Gasteiger partial charge is 0.508 e. The van der Waals surface area contributed by atoms with Gasteiger partial charge in [-0.15, -0.1) is 0 Å². The first kappa shape index (κ1) is 21.3. The Labute approximate surface area is 182 Å². The summed E-state index contributed by atoms with van der Waals surface area (Å²) < 4.78 is 5.87. The van der Waals surface area contributed by atoms with Crippen LogP contribution in [0.15, 0.2) is 59.1 Å². The van der Waals surface area contributed by atoms with Gasteiger partial charge in [0.1, 0.15) is 5.75 Å². The maximum atomic E-state index is 13.3. The van der Waals surface area contributed by atoms with Crippen LogP contribution in [-0.4, -0.2) is 54.7 Å². The Kier molecular flexibility index (Phi) is 6.20. The summed E-state index contributed by atoms with van der Waals surface area (Å²) in [5.74, 6) is 0.711. The van der Waals surface area contributed by atoms with Crippen LogP contribution in [0.3, 0.4) is 0 Å². The zero-order chi connectivity index (χ0) is 21.8. The number of nitrogens with one attached hydrogen (secondary N) is 1. The highest BCUT2D eigenvalue weighted by Gasteiger charge is 2.50. The fourth-order valence-electron chi connectivity index (χ4n) is 3.91. The van der Waals surface area contributed by atoms with Crippen LogP contribution in [0.5, 0.6) is 5.75 Å². The summed E-state index contributed by atoms with van der Waals surface area (Å²) in [4.78, 5) is 15.4. The number of hydrogen-bond acceptors (Lipinski definition) is 6. The van der Waals surface area contributed by atoms with Crippen LogP contribution in [-0.2, 0) is 5.41 Å². The van der Waals surface area contributed by atoms with E-state index in [2.05, 4.69) is 29.5 Å². The first-order chi connectivity index (χ1) is 15.0. The quantitative estimate of drug-likeness (QED) is 0.384. The van der Waals surface area contributed by atoms with Crippen molar-refractivity contribution in [3.63, 3.8) is 0 Å². The van der Waals surface area contributed by atoms with E-state index in [0.29, 0.717) is 11.3 Å². The molecule has 2 N–H and O–H groups in total. The molecule has 1 saturated carbocycles. The van der Waals surface area contributed by atoms with Gasteiger partial charge in [-0.25, -0.2) is 0 Å². The molecule has 6 nitrogen and oxygen atoms in total. The Morgan fingerprint density at radius 3 is 2.48 bits per heavy atom. The number of benzene rings is 2. The van der Waals surface area contributed by atoms with Crippen LogP contribution in [0.4, 0.5) is 0 Å². The molecule has 0 spiro atoms. The van der Waals surface area contributed by atoms with Crippen molar-refractivity contribution in [3.05, 3.63) is 71.6 Å². The molecule has 1 aliphatic carbocycles. The highest BCUT2D eigenvalue weighted by atomic mass is 16.5. The Balaban J connectivity index is 1.63. The minimum Gasteiger partial charge on any atom is -0.508 e. The van der Waals surface area contributed by atoms with Crippen molar-refractivity contribution in [1.29, 1.82) is 0 Å². The zero-order valence-electron chi connectivity index (χ0n) is 18.1. The second kappa shape index (κ2) is 9.04. The third kappa shape index (κ3) is 4.70. The maximum absolute atomic E-state index is 13.3. The molecular formula is C25H29N3O3. The van der Waals surface area contributed by atoms with Crippen LogP contribution in [0.1, 0.15) is 41.1 Å². The lowest BCUT2D eigenvalue weighted by molar-refractivity contribution is 0.103. The summed E-state index contributed by atoms with van der Waals surface area (Å²) in [7, 11) is 4.16. The molecule has 0 amide bonds. The van der Waals surface area contributed by atoms with Crippen molar-refractivity contribution in [2.75, 3.05) is 33.7 Å². The monoisotopic (exact) mass is 419 g/mol. The molecule has 162 valence electrons. The zero-order valence-corrected chi connectivity index (χ0v) is 18.1. The predicted molar refractivity (Wildman–Crippen MR) is 120 cm³/mol. The lowest BCUT2D eigenvalue weighted by Crippen LogP contribution is -2.29. The smallest absolute Gasteiger partial charge is 0.215 e. The Hall–Kier alpha value is -2.96. The second-order valence-corrected chi connectivity index (χ2v) is 8.59. The van der Waals surface area contributed by atoms with Gasteiger partial charge < -0.3 is 19.8 Å². The summed E-state index contributed by atoms with van der Waals surface area (Å²) in [6.45, 7) is 2.79. The van der Waals surface area contributed by atoms with Crippen LogP contribution in [0.2, 0.25) is 0 Å². The fraction of sp³-hybridized carbons (Fsp3) is 0.360. The van der Waals surface area contributed by atoms with E-state index in [0.717, 1.165) is 55.8 Å². The molecule has 1 aliphatic rings. The summed E-state index contributed by atoms with van der Waals surface area (Å²) in [6.07, 6.45) is 3.10. The number of aromatic hydroxyl groups is 1. The minimum atomic E-state index is -0.205. The van der Waals surface area contributed by atoms with Gasteiger partial charge in [0.05, 0.1) is 5.56 Å². The van der Waals surface area contributed by atoms with Gasteiger partial charge in [0.25, 0.3) is 0 Å². The lowest BCUT2D eigenvalue weighted by atomic mass is 9.91. The molecule has 0 saturated heterocycles. The summed E-state index contributed by atoms with van der Waals surface area (Å²) in [5, 5.41) is 17.4. The van der Waals surface area contributed by atoms with Crippen LogP contribution in [0.25, 0.3) is 11.1 Å². The molecule has 4 rings (SSSR count). The SMILES string of the molecule is CN(C)CCCNCC1(c2onc(C(=O)c3ccc(O)cc3)c2-c2ccccc2)CC1. The van der Waals surface area contributed by atoms with Crippen molar-refractivity contribution < 1.29 is 14.4 Å². The average molecular weight is 420 g/mol. The molecule has 0 aliphatic heterocycles. The number of aromatic nitrogens is 1. The average Bonchev–Trinajstić information content (AvgIpc) is 3.42. The molecule has 31 heavy (non-hydrogen) atoms. The number of nitrogens with zero attached hydrogens (tertiary/aromatic N) is 2. The highest BCUT2D eigenvalue weighted by Crippen LogP contribution is 2.51. The molecule has 6 heteroatoms. The molecule has 0 bridgehead atoms. The van der Waals surface area contributed by atoms with Crippen molar-refractivity contribution in [1.82, 2.24) is 15.4 Å². The normalized spacial score (nSPS) is 14.7. The number of hydrogen-bond donors (Lipinski definition) is 2. The third-order valence-electron chi connectivity index (χ3n) is 5.86. The molecule has 0 radical (unpaired) electrons. The van der Waals surface area contributed by atoms with E-state index in [-0.39, 0.29) is 16.9 Å². The van der Waals surface area contributed by atoms with Gasteiger partial charge in [-0.2, -0.15) is 0 Å². The summed E-state index contributed by atoms with van der Waals surface area (Å²) in [5.41, 5.74) is 2.39. The lowest BCUT2D eigenvalue weighted by Gasteiger charge is -2.16. The molecular weight excluding hydrogens is 390 g/mol. The Morgan fingerprint density at radius 2 is 1.84 bits per heavy atom. The van der Waals surface area contributed by atoms with Crippen LogP contribution < -0.4 is 5.32 Å². The molecule has 1 fully saturated rings. The standard InChI is InChI=1S/C25H29N3O3/c1-28(2)16-6-15-26-17-25(13-14-25)24-21(18-7-4-3-5-8-18)22(27-31-24)23(30)19-9-11-20(29)12-10-19/h3-5,7-12,26,29H,6,13-17H2,1-2H3. The van der Waals surface area contributed by atoms with E-state index >= 15 is 0 Å². The van der Waals surface area contributed by atoms with Gasteiger partial charge in [0, 0.05) is 17.5 Å². The van der Waals surface area contributed by atoms with Crippen molar-refractivity contribution in [2.24, 2.45) is 0 Å². The van der Waals surface area contributed by atoms with E-state index in [1.54, 1.807) is 12.1 Å². The predicted octanol–water partition coefficient (Wildman–Crippen LogP) is 3.85. The Morgan fingerprint density at radius 1 is 1.13 bits per heavy atom. The number of phenols is 1. The molecule has 0 unspecified atom stereocenters. The fourth-order valence-corrected chi connectivity index (χ4v) is 3.91. The van der Waals surface area contributed by atoms with Crippen LogP contribution in [0, 0.1) is 0 Å². The van der Waals surface area contributed by atoms with Gasteiger partial charge in [-0.05, 0) is 76.3 Å². The number of phenolic OH excluding ortho intramolecular Hbond substituents is 1. The maximum Gasteiger partial charge on any atom is 0.215 e. The van der Waals surface area contributed by atoms with Crippen molar-refractivity contribution >= 4 is 5.78 Å². The van der Waals surface area contributed by atoms with Crippen molar-refractivity contribution in [2.45, 2.75) is 24.7 Å². The van der Waals surface area contributed by atoms with E-state index < -0.39 is 0 Å². The van der Waals surface area contributed by atoms with Gasteiger partial charge >= 0.3 is 0 Å². The highest BCUT2D eigenvalue weighted by molar-refractivity contribution is 6.11. The number of carbonyl (C=O) groups is 1. The molecule has 2 aromatic carbocycles. The van der Waals surface area contributed by atoms with Crippen LogP contribution >= 0.6 is 0 Å². The molecule has 0 atom stereocenters. The summed E-state index contributed by atoms with van der Waals surface area (Å²) >= 11 is 0. The van der Waals surface area contributed by atoms with E-state index in [1.165, 1.54) is 12.1 Å². The van der Waals surface area contributed by atoms with E-state index in [9.17, 15) is 9.90 Å². The van der Waals surface area contributed by atoms with Gasteiger partial charge in [0.15, 0.2) is 11.5 Å². The molecule has 1 heterocycles. The first-order valence-corrected chi connectivity index (χ1v) is 10.7. The number of carbonyl (C=O) groups excluding carboxylic acids is 1. The van der Waals surface area contributed by atoms with E-state index in [1.807, 2.05) is 30.3 Å². The molecule has 1 aromatic heterocycles. The molecule has 3 aromatic rings. The van der Waals surface area contributed by atoms with E-state index in [4.69, 9.17) is 4.52 Å². The number of rotatable bonds is 10. The van der Waals surface area contributed by atoms with Crippen molar-refractivity contribution in [3.8, 4) is 16.9 Å². The number of ketones is 1. The van der Waals surface area contributed by atoms with Gasteiger partial charge in [-0.1, -0.05) is 35.5 Å². The van der Waals surface area contributed by atoms with Gasteiger partial charge in [0.2, 0.25) is 5.78 Å². The third-order valence-corrected chi connectivity index (χ3v) is 5.86. The minimum absolute atomic E-state index is 0.121. The summed E-state index contributed by atoms with van der Waals surface area (Å²) in [6, 6.07) is 16.1. The first-order valence-electron chi connectivity index (χ1n) is 10.7. The topological polar surface area (TPSA) is 78.6 Å².